The fourth-order valence-corrected chi connectivity index (χ4v) is 3.71. The van der Waals surface area contributed by atoms with Crippen LogP contribution in [0.3, 0.4) is 0 Å². The highest BCUT2D eigenvalue weighted by Gasteiger charge is 2.45. The molecule has 2 heterocycles. The number of nitrogens with two attached hydrogens (primary N) is 1. The lowest BCUT2D eigenvalue weighted by molar-refractivity contribution is 0.549. The number of hydrogen-bond acceptors (Lipinski definition) is 4. The molecule has 0 unspecified atom stereocenters. The summed E-state index contributed by atoms with van der Waals surface area (Å²) >= 11 is 0. The molecule has 1 aliphatic rings. The maximum absolute atomic E-state index is 14.9. The van der Waals surface area contributed by atoms with Crippen LogP contribution in [-0.4, -0.2) is 15.6 Å². The van der Waals surface area contributed by atoms with Crippen LogP contribution in [-0.2, 0) is 12.0 Å². The van der Waals surface area contributed by atoms with E-state index in [-0.39, 0.29) is 17.0 Å². The maximum Gasteiger partial charge on any atom is 0.261 e. The van der Waals surface area contributed by atoms with Gasteiger partial charge in [-0.15, -0.1) is 0 Å². The molecule has 2 N–H and O–H groups in total. The second kappa shape index (κ2) is 7.41. The molecule has 0 amide bonds. The molecule has 0 spiro atoms. The molecule has 1 aliphatic carbocycles. The van der Waals surface area contributed by atoms with Crippen molar-refractivity contribution in [1.82, 2.24) is 9.55 Å². The summed E-state index contributed by atoms with van der Waals surface area (Å²) in [6, 6.07) is 11.0. The summed E-state index contributed by atoms with van der Waals surface area (Å²) in [6.45, 7) is 2.44. The van der Waals surface area contributed by atoms with Crippen LogP contribution in [0.15, 0.2) is 47.5 Å². The molecule has 4 rings (SSSR count). The second-order valence-corrected chi connectivity index (χ2v) is 7.98. The molecule has 3 aromatic rings. The number of nitriles is 1. The number of benzene rings is 1. The lowest BCUT2D eigenvalue weighted by Crippen LogP contribution is -2.22. The van der Waals surface area contributed by atoms with E-state index in [4.69, 9.17) is 5.73 Å². The summed E-state index contributed by atoms with van der Waals surface area (Å²) in [5.74, 6) is -0.550. The molecule has 1 atom stereocenters. The van der Waals surface area contributed by atoms with E-state index in [1.165, 1.54) is 10.6 Å². The lowest BCUT2D eigenvalue weighted by atomic mass is 9.98. The van der Waals surface area contributed by atoms with E-state index < -0.39 is 11.2 Å². The van der Waals surface area contributed by atoms with Gasteiger partial charge in [0.15, 0.2) is 0 Å². The van der Waals surface area contributed by atoms with Gasteiger partial charge in [0, 0.05) is 30.5 Å². The van der Waals surface area contributed by atoms with Gasteiger partial charge in [-0.25, -0.2) is 4.39 Å². The third-order valence-electron chi connectivity index (χ3n) is 5.66. The Labute approximate surface area is 168 Å². The van der Waals surface area contributed by atoms with Crippen molar-refractivity contribution in [1.29, 1.82) is 5.26 Å². The third-order valence-corrected chi connectivity index (χ3v) is 5.66. The van der Waals surface area contributed by atoms with E-state index in [9.17, 15) is 14.4 Å². The average Bonchev–Trinajstić information content (AvgIpc) is 3.50. The van der Waals surface area contributed by atoms with E-state index in [1.54, 1.807) is 24.5 Å². The largest absolute Gasteiger partial charge is 0.328 e. The maximum atomic E-state index is 14.9. The van der Waals surface area contributed by atoms with E-state index in [0.717, 1.165) is 31.2 Å². The lowest BCUT2D eigenvalue weighted by Gasteiger charge is -2.11. The summed E-state index contributed by atoms with van der Waals surface area (Å²) < 4.78 is 16.4. The third kappa shape index (κ3) is 3.66. The minimum atomic E-state index is -0.550. The normalized spacial score (nSPS) is 15.8. The van der Waals surface area contributed by atoms with E-state index in [0.29, 0.717) is 23.2 Å². The standard InChI is InChI=1S/C23H23FN4O/c1-15(26)3-2-9-28-10-6-16-11-17(12-19(24)21(16)22(28)29)20-5-4-18(13-27-20)23(14-25)7-8-23/h4-6,10-13,15H,2-3,7-9,26H2,1H3/t15-/m0/s1. The molecule has 1 aromatic carbocycles. The molecule has 0 aliphatic heterocycles. The van der Waals surface area contributed by atoms with Gasteiger partial charge in [0.05, 0.1) is 22.6 Å². The zero-order chi connectivity index (χ0) is 20.6. The Balaban J connectivity index is 1.66. The van der Waals surface area contributed by atoms with Gasteiger partial charge < -0.3 is 10.3 Å². The van der Waals surface area contributed by atoms with Crippen molar-refractivity contribution in [2.75, 3.05) is 0 Å². The SMILES string of the molecule is C[C@H](N)CCCn1ccc2cc(-c3ccc(C4(C#N)CC4)cn3)cc(F)c2c1=O. The fourth-order valence-electron chi connectivity index (χ4n) is 3.71. The van der Waals surface area contributed by atoms with Crippen molar-refractivity contribution in [3.8, 4) is 17.3 Å². The predicted octanol–water partition coefficient (Wildman–Crippen LogP) is 3.89. The van der Waals surface area contributed by atoms with Crippen molar-refractivity contribution in [3.63, 3.8) is 0 Å². The number of nitrogens with zero attached hydrogens (tertiary/aromatic N) is 3. The Morgan fingerprint density at radius 2 is 2.14 bits per heavy atom. The van der Waals surface area contributed by atoms with Gasteiger partial charge in [-0.3, -0.25) is 9.78 Å². The van der Waals surface area contributed by atoms with Crippen LogP contribution >= 0.6 is 0 Å². The number of aryl methyl sites for hydroxylation is 1. The highest BCUT2D eigenvalue weighted by molar-refractivity contribution is 5.86. The first-order valence-corrected chi connectivity index (χ1v) is 9.90. The van der Waals surface area contributed by atoms with Gasteiger partial charge >= 0.3 is 0 Å². The number of halogens is 1. The molecule has 5 nitrogen and oxygen atoms in total. The van der Waals surface area contributed by atoms with Crippen LogP contribution in [0.5, 0.6) is 0 Å². The number of pyridine rings is 2. The minimum absolute atomic E-state index is 0.0762. The molecule has 1 fully saturated rings. The van der Waals surface area contributed by atoms with Crippen molar-refractivity contribution < 1.29 is 4.39 Å². The highest BCUT2D eigenvalue weighted by atomic mass is 19.1. The van der Waals surface area contributed by atoms with Crippen molar-refractivity contribution >= 4 is 10.8 Å². The van der Waals surface area contributed by atoms with E-state index in [1.807, 2.05) is 19.1 Å². The summed E-state index contributed by atoms with van der Waals surface area (Å²) in [5.41, 5.74) is 7.16. The number of hydrogen-bond donors (Lipinski definition) is 1. The van der Waals surface area contributed by atoms with Crippen LogP contribution in [0.4, 0.5) is 4.39 Å². The smallest absolute Gasteiger partial charge is 0.261 e. The summed E-state index contributed by atoms with van der Waals surface area (Å²) in [4.78, 5) is 17.1. The van der Waals surface area contributed by atoms with E-state index in [2.05, 4.69) is 11.1 Å². The zero-order valence-corrected chi connectivity index (χ0v) is 16.4. The molecule has 0 bridgehead atoms. The Morgan fingerprint density at radius 1 is 1.34 bits per heavy atom. The van der Waals surface area contributed by atoms with Crippen LogP contribution < -0.4 is 11.3 Å². The number of rotatable bonds is 6. The highest BCUT2D eigenvalue weighted by Crippen LogP contribution is 2.47. The van der Waals surface area contributed by atoms with Gasteiger partial charge in [-0.05, 0) is 67.8 Å². The Bertz CT molecular complexity index is 1150. The van der Waals surface area contributed by atoms with E-state index >= 15 is 0 Å². The summed E-state index contributed by atoms with van der Waals surface area (Å²) in [6.07, 6.45) is 6.68. The zero-order valence-electron chi connectivity index (χ0n) is 16.4. The van der Waals surface area contributed by atoms with Gasteiger partial charge in [0.25, 0.3) is 5.56 Å². The number of aromatic nitrogens is 2. The fraction of sp³-hybridized carbons (Fsp3) is 0.348. The van der Waals surface area contributed by atoms with Gasteiger partial charge in [0.1, 0.15) is 5.82 Å². The molecular weight excluding hydrogens is 367 g/mol. The van der Waals surface area contributed by atoms with Crippen LogP contribution in [0, 0.1) is 17.1 Å². The first kappa shape index (κ1) is 19.3. The molecular formula is C23H23FN4O. The van der Waals surface area contributed by atoms with Crippen LogP contribution in [0.1, 0.15) is 38.2 Å². The number of fused-ring (bicyclic) bond motifs is 1. The van der Waals surface area contributed by atoms with Crippen molar-refractivity contribution in [2.24, 2.45) is 5.73 Å². The van der Waals surface area contributed by atoms with Gasteiger partial charge in [-0.1, -0.05) is 6.07 Å². The molecule has 148 valence electrons. The topological polar surface area (TPSA) is 84.7 Å². The summed E-state index contributed by atoms with van der Waals surface area (Å²) in [5, 5.41) is 9.96. The first-order valence-electron chi connectivity index (χ1n) is 9.90. The average molecular weight is 390 g/mol. The van der Waals surface area contributed by atoms with Gasteiger partial charge in [0.2, 0.25) is 0 Å². The van der Waals surface area contributed by atoms with Crippen LogP contribution in [0.2, 0.25) is 0 Å². The van der Waals surface area contributed by atoms with Crippen molar-refractivity contribution in [2.45, 2.75) is 50.6 Å². The molecule has 1 saturated carbocycles. The Morgan fingerprint density at radius 3 is 2.76 bits per heavy atom. The Kier molecular flexibility index (Phi) is 4.93. The van der Waals surface area contributed by atoms with Crippen LogP contribution in [0.25, 0.3) is 22.0 Å². The quantitative estimate of drug-likeness (QED) is 0.692. The molecule has 0 saturated heterocycles. The predicted molar refractivity (Wildman–Crippen MR) is 111 cm³/mol. The van der Waals surface area contributed by atoms with Crippen molar-refractivity contribution in [3.05, 3.63) is 64.5 Å². The molecule has 6 heteroatoms. The first-order chi connectivity index (χ1) is 13.9. The minimum Gasteiger partial charge on any atom is -0.328 e. The monoisotopic (exact) mass is 390 g/mol. The molecule has 29 heavy (non-hydrogen) atoms. The summed E-state index contributed by atoms with van der Waals surface area (Å²) in [7, 11) is 0. The molecule has 0 radical (unpaired) electrons. The second-order valence-electron chi connectivity index (χ2n) is 7.98. The Hall–Kier alpha value is -3.04. The van der Waals surface area contributed by atoms with Gasteiger partial charge in [-0.2, -0.15) is 5.26 Å². The molecule has 2 aromatic heterocycles.